The van der Waals surface area contributed by atoms with Crippen LogP contribution < -0.4 is 5.32 Å². The maximum absolute atomic E-state index is 13.4. The highest BCUT2D eigenvalue weighted by Gasteiger charge is 2.32. The number of amides is 1. The quantitative estimate of drug-likeness (QED) is 0.561. The molecular formula is C20H14F5N3O. The van der Waals surface area contributed by atoms with E-state index in [9.17, 15) is 26.7 Å². The van der Waals surface area contributed by atoms with Crippen LogP contribution in [0.4, 0.5) is 27.6 Å². The Morgan fingerprint density at radius 3 is 2.21 bits per heavy atom. The lowest BCUT2D eigenvalue weighted by Crippen LogP contribution is -2.14. The van der Waals surface area contributed by atoms with Gasteiger partial charge in [0, 0.05) is 23.1 Å². The Morgan fingerprint density at radius 2 is 1.66 bits per heavy atom. The minimum atomic E-state index is -4.47. The van der Waals surface area contributed by atoms with E-state index in [4.69, 9.17) is 0 Å². The minimum Gasteiger partial charge on any atom is -0.319 e. The van der Waals surface area contributed by atoms with Crippen molar-refractivity contribution in [1.82, 2.24) is 10.2 Å². The SMILES string of the molecule is O=C(Nc1c(-c2ccc(C(F)(F)F)cc2)n[nH]c1C1CC1)c1cc(F)cc(F)c1. The second kappa shape index (κ2) is 6.98. The molecule has 0 unspecified atom stereocenters. The van der Waals surface area contributed by atoms with E-state index in [0.29, 0.717) is 23.0 Å². The van der Waals surface area contributed by atoms with Gasteiger partial charge in [0.15, 0.2) is 0 Å². The first-order chi connectivity index (χ1) is 13.7. The number of aromatic nitrogens is 2. The number of halogens is 5. The summed E-state index contributed by atoms with van der Waals surface area (Å²) in [6.07, 6.45) is -2.74. The van der Waals surface area contributed by atoms with Crippen molar-refractivity contribution < 1.29 is 26.7 Å². The third-order valence-electron chi connectivity index (χ3n) is 4.63. The number of carbonyl (C=O) groups excluding carboxylic acids is 1. The van der Waals surface area contributed by atoms with Crippen LogP contribution in [0.15, 0.2) is 42.5 Å². The van der Waals surface area contributed by atoms with E-state index in [1.54, 1.807) is 0 Å². The van der Waals surface area contributed by atoms with Gasteiger partial charge in [0.05, 0.1) is 16.9 Å². The summed E-state index contributed by atoms with van der Waals surface area (Å²) in [6.45, 7) is 0. The Kier molecular flexibility index (Phi) is 4.60. The molecule has 0 atom stereocenters. The van der Waals surface area contributed by atoms with Crippen molar-refractivity contribution in [3.05, 3.63) is 70.9 Å². The number of aromatic amines is 1. The molecule has 9 heteroatoms. The summed E-state index contributed by atoms with van der Waals surface area (Å²) in [6, 6.07) is 6.81. The first-order valence-corrected chi connectivity index (χ1v) is 8.75. The summed E-state index contributed by atoms with van der Waals surface area (Å²) < 4.78 is 65.3. The van der Waals surface area contributed by atoms with E-state index in [0.717, 1.165) is 37.1 Å². The van der Waals surface area contributed by atoms with Gasteiger partial charge in [0.25, 0.3) is 5.91 Å². The maximum Gasteiger partial charge on any atom is 0.416 e. The lowest BCUT2D eigenvalue weighted by atomic mass is 10.1. The van der Waals surface area contributed by atoms with Crippen molar-refractivity contribution in [3.63, 3.8) is 0 Å². The normalized spacial score (nSPS) is 14.1. The van der Waals surface area contributed by atoms with Crippen LogP contribution in [0.3, 0.4) is 0 Å². The summed E-state index contributed by atoms with van der Waals surface area (Å²) in [5, 5.41) is 9.58. The molecule has 4 rings (SSSR count). The van der Waals surface area contributed by atoms with Crippen LogP contribution >= 0.6 is 0 Å². The van der Waals surface area contributed by atoms with Crippen LogP contribution in [0, 0.1) is 11.6 Å². The molecule has 1 aromatic heterocycles. The lowest BCUT2D eigenvalue weighted by molar-refractivity contribution is -0.137. The molecule has 1 saturated carbocycles. The number of hydrogen-bond donors (Lipinski definition) is 2. The number of nitrogens with zero attached hydrogens (tertiary/aromatic N) is 1. The highest BCUT2D eigenvalue weighted by atomic mass is 19.4. The molecule has 0 bridgehead atoms. The predicted octanol–water partition coefficient (Wildman–Crippen LogP) is 5.50. The predicted molar refractivity (Wildman–Crippen MR) is 95.3 cm³/mol. The molecule has 1 aliphatic rings. The second-order valence-electron chi connectivity index (χ2n) is 6.82. The summed E-state index contributed by atoms with van der Waals surface area (Å²) >= 11 is 0. The molecule has 2 aromatic carbocycles. The van der Waals surface area contributed by atoms with Gasteiger partial charge in [-0.2, -0.15) is 18.3 Å². The zero-order chi connectivity index (χ0) is 20.8. The van der Waals surface area contributed by atoms with Gasteiger partial charge in [-0.1, -0.05) is 12.1 Å². The van der Waals surface area contributed by atoms with Gasteiger partial charge in [-0.05, 0) is 37.1 Å². The highest BCUT2D eigenvalue weighted by Crippen LogP contribution is 2.45. The van der Waals surface area contributed by atoms with E-state index >= 15 is 0 Å². The average molecular weight is 407 g/mol. The average Bonchev–Trinajstić information content (AvgIpc) is 3.41. The van der Waals surface area contributed by atoms with Crippen LogP contribution in [0.1, 0.15) is 40.4 Å². The third kappa shape index (κ3) is 3.98. The molecule has 1 amide bonds. The third-order valence-corrected chi connectivity index (χ3v) is 4.63. The van der Waals surface area contributed by atoms with E-state index in [2.05, 4.69) is 15.5 Å². The molecule has 1 heterocycles. The van der Waals surface area contributed by atoms with E-state index < -0.39 is 29.3 Å². The van der Waals surface area contributed by atoms with Crippen LogP contribution in [-0.4, -0.2) is 16.1 Å². The Hall–Kier alpha value is -3.23. The van der Waals surface area contributed by atoms with E-state index in [1.807, 2.05) is 0 Å². The molecule has 1 fully saturated rings. The largest absolute Gasteiger partial charge is 0.416 e. The van der Waals surface area contributed by atoms with Crippen LogP contribution in [0.2, 0.25) is 0 Å². The number of carbonyl (C=O) groups is 1. The molecule has 0 aliphatic heterocycles. The first-order valence-electron chi connectivity index (χ1n) is 8.75. The fourth-order valence-corrected chi connectivity index (χ4v) is 3.05. The summed E-state index contributed by atoms with van der Waals surface area (Å²) in [5.74, 6) is -2.41. The van der Waals surface area contributed by atoms with Crippen molar-refractivity contribution in [1.29, 1.82) is 0 Å². The van der Waals surface area contributed by atoms with E-state index in [1.165, 1.54) is 12.1 Å². The van der Waals surface area contributed by atoms with Crippen LogP contribution in [0.5, 0.6) is 0 Å². The Balaban J connectivity index is 1.69. The zero-order valence-electron chi connectivity index (χ0n) is 14.8. The van der Waals surface area contributed by atoms with Gasteiger partial charge < -0.3 is 5.32 Å². The minimum absolute atomic E-state index is 0.130. The van der Waals surface area contributed by atoms with Gasteiger partial charge >= 0.3 is 6.18 Å². The molecule has 0 radical (unpaired) electrons. The van der Waals surface area contributed by atoms with E-state index in [-0.39, 0.29) is 17.2 Å². The maximum atomic E-state index is 13.4. The van der Waals surface area contributed by atoms with Crippen LogP contribution in [0.25, 0.3) is 11.3 Å². The highest BCUT2D eigenvalue weighted by molar-refractivity contribution is 6.06. The van der Waals surface area contributed by atoms with Crippen molar-refractivity contribution in [2.75, 3.05) is 5.32 Å². The number of rotatable bonds is 4. The molecular weight excluding hydrogens is 393 g/mol. The number of H-pyrrole nitrogens is 1. The molecule has 2 N–H and O–H groups in total. The first kappa shape index (κ1) is 19.1. The topological polar surface area (TPSA) is 57.8 Å². The Bertz CT molecular complexity index is 1050. The Morgan fingerprint density at radius 1 is 1.03 bits per heavy atom. The molecule has 29 heavy (non-hydrogen) atoms. The second-order valence-corrected chi connectivity index (χ2v) is 6.82. The van der Waals surface area contributed by atoms with Gasteiger partial charge in [-0.3, -0.25) is 9.89 Å². The summed E-state index contributed by atoms with van der Waals surface area (Å²) in [7, 11) is 0. The lowest BCUT2D eigenvalue weighted by Gasteiger charge is -2.10. The van der Waals surface area contributed by atoms with Crippen LogP contribution in [-0.2, 0) is 6.18 Å². The number of anilines is 1. The number of hydrogen-bond acceptors (Lipinski definition) is 2. The van der Waals surface area contributed by atoms with Gasteiger partial charge in [0.1, 0.15) is 17.3 Å². The molecule has 150 valence electrons. The number of nitrogens with one attached hydrogen (secondary N) is 2. The molecule has 4 nitrogen and oxygen atoms in total. The van der Waals surface area contributed by atoms with Crippen molar-refractivity contribution in [3.8, 4) is 11.3 Å². The zero-order valence-corrected chi connectivity index (χ0v) is 14.8. The summed E-state index contributed by atoms with van der Waals surface area (Å²) in [4.78, 5) is 12.5. The fraction of sp³-hybridized carbons (Fsp3) is 0.200. The molecule has 0 saturated heterocycles. The molecule has 3 aromatic rings. The number of benzene rings is 2. The smallest absolute Gasteiger partial charge is 0.319 e. The van der Waals surface area contributed by atoms with Gasteiger partial charge in [-0.25, -0.2) is 8.78 Å². The van der Waals surface area contributed by atoms with Gasteiger partial charge in [-0.15, -0.1) is 0 Å². The number of alkyl halides is 3. The Labute approximate surface area is 161 Å². The van der Waals surface area contributed by atoms with Gasteiger partial charge in [0.2, 0.25) is 0 Å². The van der Waals surface area contributed by atoms with Crippen molar-refractivity contribution in [2.45, 2.75) is 24.9 Å². The molecule has 1 aliphatic carbocycles. The summed E-state index contributed by atoms with van der Waals surface area (Å²) in [5.41, 5.74) is 0.517. The van der Waals surface area contributed by atoms with Crippen molar-refractivity contribution >= 4 is 11.6 Å². The molecule has 0 spiro atoms. The van der Waals surface area contributed by atoms with Crippen molar-refractivity contribution in [2.24, 2.45) is 0 Å². The standard InChI is InChI=1S/C20H14F5N3O/c21-14-7-12(8-15(22)9-14)19(29)26-18-16(10-1-2-10)27-28-17(18)11-3-5-13(6-4-11)20(23,24)25/h3-10H,1-2H2,(H,26,29)(H,27,28). The monoisotopic (exact) mass is 407 g/mol. The fourth-order valence-electron chi connectivity index (χ4n) is 3.05.